The minimum Gasteiger partial charge on any atom is -0.497 e. The third-order valence-electron chi connectivity index (χ3n) is 4.58. The van der Waals surface area contributed by atoms with Crippen LogP contribution in [0.5, 0.6) is 5.75 Å². The van der Waals surface area contributed by atoms with E-state index in [1.165, 1.54) is 5.57 Å². The SMILES string of the molecule is C=C(C1=CC(NOCC(C)CN(C)C)=CC(C)(C)C1)c1ccc(OC)cc1. The Hall–Kier alpha value is -2.04. The van der Waals surface area contributed by atoms with E-state index in [0.29, 0.717) is 12.5 Å². The van der Waals surface area contributed by atoms with E-state index < -0.39 is 0 Å². The predicted molar refractivity (Wildman–Crippen MR) is 113 cm³/mol. The number of hydroxylamine groups is 1. The molecule has 1 unspecified atom stereocenters. The van der Waals surface area contributed by atoms with Crippen LogP contribution in [-0.4, -0.2) is 39.3 Å². The highest BCUT2D eigenvalue weighted by Crippen LogP contribution is 2.38. The van der Waals surface area contributed by atoms with Gasteiger partial charge < -0.3 is 9.64 Å². The summed E-state index contributed by atoms with van der Waals surface area (Å²) in [6.07, 6.45) is 5.32. The first kappa shape index (κ1) is 21.3. The van der Waals surface area contributed by atoms with E-state index in [2.05, 4.69) is 76.1 Å². The second-order valence-corrected chi connectivity index (χ2v) is 8.42. The number of ether oxygens (including phenoxy) is 1. The lowest BCUT2D eigenvalue weighted by atomic mass is 9.78. The molecule has 148 valence electrons. The second kappa shape index (κ2) is 9.25. The summed E-state index contributed by atoms with van der Waals surface area (Å²) < 4.78 is 5.25. The average molecular weight is 371 g/mol. The predicted octanol–water partition coefficient (Wildman–Crippen LogP) is 4.67. The van der Waals surface area contributed by atoms with Gasteiger partial charge in [-0.3, -0.25) is 10.3 Å². The van der Waals surface area contributed by atoms with Crippen LogP contribution in [0.1, 0.15) is 32.8 Å². The fourth-order valence-electron chi connectivity index (χ4n) is 3.42. The highest BCUT2D eigenvalue weighted by Gasteiger charge is 2.24. The molecule has 0 bridgehead atoms. The first-order valence-electron chi connectivity index (χ1n) is 9.50. The number of hydrogen-bond acceptors (Lipinski definition) is 4. The normalized spacial score (nSPS) is 17.1. The van der Waals surface area contributed by atoms with Crippen LogP contribution in [0.2, 0.25) is 0 Å². The van der Waals surface area contributed by atoms with Crippen LogP contribution in [0.4, 0.5) is 0 Å². The van der Waals surface area contributed by atoms with Gasteiger partial charge in [0.25, 0.3) is 0 Å². The van der Waals surface area contributed by atoms with Gasteiger partial charge in [0.15, 0.2) is 0 Å². The Balaban J connectivity index is 2.05. The van der Waals surface area contributed by atoms with Gasteiger partial charge in [-0.25, -0.2) is 0 Å². The Morgan fingerprint density at radius 2 is 1.93 bits per heavy atom. The summed E-state index contributed by atoms with van der Waals surface area (Å²) in [5, 5.41) is 0. The van der Waals surface area contributed by atoms with Gasteiger partial charge in [-0.15, -0.1) is 0 Å². The van der Waals surface area contributed by atoms with E-state index in [0.717, 1.165) is 35.5 Å². The molecule has 0 aromatic heterocycles. The van der Waals surface area contributed by atoms with Crippen molar-refractivity contribution in [1.29, 1.82) is 0 Å². The Kier molecular flexibility index (Phi) is 7.28. The summed E-state index contributed by atoms with van der Waals surface area (Å²) in [5.74, 6) is 1.31. The summed E-state index contributed by atoms with van der Waals surface area (Å²) in [7, 11) is 5.84. The maximum absolute atomic E-state index is 5.76. The smallest absolute Gasteiger partial charge is 0.118 e. The van der Waals surface area contributed by atoms with E-state index in [-0.39, 0.29) is 5.41 Å². The molecular weight excluding hydrogens is 336 g/mol. The van der Waals surface area contributed by atoms with Crippen LogP contribution in [-0.2, 0) is 4.84 Å². The van der Waals surface area contributed by atoms with Crippen molar-refractivity contribution >= 4 is 5.57 Å². The van der Waals surface area contributed by atoms with Crippen LogP contribution >= 0.6 is 0 Å². The zero-order valence-electron chi connectivity index (χ0n) is 17.6. The van der Waals surface area contributed by atoms with Crippen LogP contribution in [0.25, 0.3) is 5.57 Å². The molecule has 2 rings (SSSR count). The van der Waals surface area contributed by atoms with E-state index in [1.807, 2.05) is 12.1 Å². The number of methoxy groups -OCH3 is 1. The number of nitrogens with zero attached hydrogens (tertiary/aromatic N) is 1. The summed E-state index contributed by atoms with van der Waals surface area (Å²) in [4.78, 5) is 7.93. The number of nitrogens with one attached hydrogen (secondary N) is 1. The van der Waals surface area contributed by atoms with Gasteiger partial charge in [-0.05, 0) is 66.8 Å². The van der Waals surface area contributed by atoms with Gasteiger partial charge in [-0.1, -0.05) is 45.6 Å². The van der Waals surface area contributed by atoms with Crippen LogP contribution in [0.3, 0.4) is 0 Å². The first-order valence-corrected chi connectivity index (χ1v) is 9.50. The lowest BCUT2D eigenvalue weighted by Gasteiger charge is -2.29. The molecule has 0 saturated heterocycles. The zero-order valence-corrected chi connectivity index (χ0v) is 17.6. The lowest BCUT2D eigenvalue weighted by Crippen LogP contribution is -2.27. The fraction of sp³-hybridized carbons (Fsp3) is 0.478. The Labute approximate surface area is 164 Å². The summed E-state index contributed by atoms with van der Waals surface area (Å²) in [6, 6.07) is 8.05. The van der Waals surface area contributed by atoms with Crippen molar-refractivity contribution in [3.05, 3.63) is 59.8 Å². The quantitative estimate of drug-likeness (QED) is 0.641. The third kappa shape index (κ3) is 6.56. The van der Waals surface area contributed by atoms with Gasteiger partial charge in [0.05, 0.1) is 19.4 Å². The molecule has 27 heavy (non-hydrogen) atoms. The fourth-order valence-corrected chi connectivity index (χ4v) is 3.42. The van der Waals surface area contributed by atoms with E-state index in [9.17, 15) is 0 Å². The third-order valence-corrected chi connectivity index (χ3v) is 4.58. The Bertz CT molecular complexity index is 700. The van der Waals surface area contributed by atoms with Crippen LogP contribution in [0, 0.1) is 11.3 Å². The van der Waals surface area contributed by atoms with Crippen molar-refractivity contribution in [2.45, 2.75) is 27.2 Å². The van der Waals surface area contributed by atoms with Crippen LogP contribution in [0.15, 0.2) is 54.3 Å². The van der Waals surface area contributed by atoms with Gasteiger partial charge in [0.2, 0.25) is 0 Å². The minimum absolute atomic E-state index is 0.0421. The molecule has 0 amide bonds. The highest BCUT2D eigenvalue weighted by molar-refractivity contribution is 5.78. The molecular formula is C23H34N2O2. The molecule has 0 aliphatic heterocycles. The molecule has 0 radical (unpaired) electrons. The van der Waals surface area contributed by atoms with Gasteiger partial charge in [0, 0.05) is 6.54 Å². The maximum atomic E-state index is 5.76. The van der Waals surface area contributed by atoms with Crippen molar-refractivity contribution in [2.75, 3.05) is 34.4 Å². The van der Waals surface area contributed by atoms with E-state index in [4.69, 9.17) is 9.57 Å². The molecule has 1 aromatic rings. The molecule has 4 nitrogen and oxygen atoms in total. The zero-order chi connectivity index (χ0) is 20.0. The molecule has 0 fully saturated rings. The van der Waals surface area contributed by atoms with E-state index in [1.54, 1.807) is 7.11 Å². The highest BCUT2D eigenvalue weighted by atomic mass is 16.6. The molecule has 0 spiro atoms. The number of allylic oxidation sites excluding steroid dienone is 4. The molecule has 4 heteroatoms. The largest absolute Gasteiger partial charge is 0.497 e. The molecule has 1 aliphatic carbocycles. The van der Waals surface area contributed by atoms with Gasteiger partial charge in [0.1, 0.15) is 5.75 Å². The molecule has 1 atom stereocenters. The average Bonchev–Trinajstić information content (AvgIpc) is 2.59. The molecule has 1 aliphatic rings. The first-order chi connectivity index (χ1) is 12.7. The number of rotatable bonds is 9. The Morgan fingerprint density at radius 1 is 1.26 bits per heavy atom. The summed E-state index contributed by atoms with van der Waals surface area (Å²) in [5.41, 5.74) is 7.55. The van der Waals surface area contributed by atoms with Crippen molar-refractivity contribution in [3.63, 3.8) is 0 Å². The summed E-state index contributed by atoms with van der Waals surface area (Å²) >= 11 is 0. The second-order valence-electron chi connectivity index (χ2n) is 8.42. The maximum Gasteiger partial charge on any atom is 0.118 e. The molecule has 0 saturated carbocycles. The van der Waals surface area contributed by atoms with Gasteiger partial charge in [-0.2, -0.15) is 0 Å². The van der Waals surface area contributed by atoms with Gasteiger partial charge >= 0.3 is 0 Å². The van der Waals surface area contributed by atoms with Crippen LogP contribution < -0.4 is 10.2 Å². The number of benzene rings is 1. The molecule has 1 aromatic carbocycles. The molecule has 0 heterocycles. The monoisotopic (exact) mass is 370 g/mol. The Morgan fingerprint density at radius 3 is 2.52 bits per heavy atom. The number of hydrogen-bond donors (Lipinski definition) is 1. The van der Waals surface area contributed by atoms with Crippen molar-refractivity contribution in [2.24, 2.45) is 11.3 Å². The van der Waals surface area contributed by atoms with E-state index >= 15 is 0 Å². The minimum atomic E-state index is 0.0421. The standard InChI is InChI=1S/C23H34N2O2/c1-17(15-25(5)6)16-27-24-21-12-20(13-23(3,4)14-21)18(2)19-8-10-22(26-7)11-9-19/h8-12,14,17,24H,2,13,15-16H2,1,3-7H3. The van der Waals surface area contributed by atoms with Crippen molar-refractivity contribution in [3.8, 4) is 5.75 Å². The summed E-state index contributed by atoms with van der Waals surface area (Å²) in [6.45, 7) is 12.7. The molecule has 1 N–H and O–H groups in total. The lowest BCUT2D eigenvalue weighted by molar-refractivity contribution is 0.0354. The van der Waals surface area contributed by atoms with Crippen molar-refractivity contribution in [1.82, 2.24) is 10.4 Å². The topological polar surface area (TPSA) is 33.7 Å². The van der Waals surface area contributed by atoms with Crippen molar-refractivity contribution < 1.29 is 9.57 Å².